The molecule has 15 heteroatoms. The van der Waals surface area contributed by atoms with Gasteiger partial charge in [0.15, 0.2) is 0 Å². The predicted molar refractivity (Wildman–Crippen MR) is 111 cm³/mol. The molecule has 0 saturated carbocycles. The van der Waals surface area contributed by atoms with Crippen molar-refractivity contribution >= 4 is 39.6 Å². The van der Waals surface area contributed by atoms with E-state index in [1.165, 1.54) is 36.9 Å². The Hall–Kier alpha value is -3.36. The number of hydrogen-bond acceptors (Lipinski definition) is 9. The van der Waals surface area contributed by atoms with E-state index in [9.17, 15) is 36.0 Å². The zero-order chi connectivity index (χ0) is 25.5. The number of nitrogens with zero attached hydrogens (tertiary/aromatic N) is 3. The molecule has 188 valence electrons. The maximum absolute atomic E-state index is 13.3. The van der Waals surface area contributed by atoms with E-state index in [2.05, 4.69) is 19.5 Å². The van der Waals surface area contributed by atoms with Gasteiger partial charge in [-0.2, -0.15) is 25.9 Å². The number of anilines is 1. The molecule has 1 aromatic rings. The normalized spacial score (nSPS) is 15.7. The average Bonchev–Trinajstić information content (AvgIpc) is 2.75. The number of amides is 2. The summed E-state index contributed by atoms with van der Waals surface area (Å²) in [6, 6.07) is 4.88. The van der Waals surface area contributed by atoms with Crippen molar-refractivity contribution in [3.8, 4) is 0 Å². The molecule has 2 amide bonds. The van der Waals surface area contributed by atoms with E-state index in [0.717, 1.165) is 6.07 Å². The zero-order valence-corrected chi connectivity index (χ0v) is 19.0. The molecule has 0 atom stereocenters. The second-order valence-electron chi connectivity index (χ2n) is 6.69. The fraction of sp³-hybridized carbons (Fsp3) is 0.474. The average molecular weight is 509 g/mol. The summed E-state index contributed by atoms with van der Waals surface area (Å²) in [5.74, 6) is -0.688. The highest BCUT2D eigenvalue weighted by atomic mass is 32.2. The van der Waals surface area contributed by atoms with Crippen molar-refractivity contribution < 1.29 is 50.3 Å². The number of oxime groups is 1. The summed E-state index contributed by atoms with van der Waals surface area (Å²) in [6.45, 7) is 2.27. The van der Waals surface area contributed by atoms with E-state index < -0.39 is 43.7 Å². The van der Waals surface area contributed by atoms with Crippen LogP contribution in [-0.4, -0.2) is 62.5 Å². The van der Waals surface area contributed by atoms with Crippen LogP contribution in [0.3, 0.4) is 0 Å². The summed E-state index contributed by atoms with van der Waals surface area (Å²) in [6.07, 6.45) is -2.33. The summed E-state index contributed by atoms with van der Waals surface area (Å²) >= 11 is 0. The third kappa shape index (κ3) is 6.15. The Balaban J connectivity index is 2.40. The minimum atomic E-state index is -6.16. The number of carbonyl (C=O) groups excluding carboxylic acids is 3. The maximum atomic E-state index is 13.3. The Kier molecular flexibility index (Phi) is 8.84. The number of sulfonamides is 1. The Morgan fingerprint density at radius 2 is 1.79 bits per heavy atom. The molecule has 11 nitrogen and oxygen atoms in total. The first-order valence-electron chi connectivity index (χ1n) is 10.00. The van der Waals surface area contributed by atoms with E-state index >= 15 is 0 Å². The van der Waals surface area contributed by atoms with E-state index in [0.29, 0.717) is 6.42 Å². The van der Waals surface area contributed by atoms with Gasteiger partial charge in [-0.15, -0.1) is 0 Å². The number of para-hydroxylation sites is 1. The number of halogens is 3. The molecule has 1 heterocycles. The topological polar surface area (TPSA) is 132 Å². The molecule has 1 aliphatic heterocycles. The van der Waals surface area contributed by atoms with Crippen LogP contribution in [0, 0.1) is 0 Å². The first-order chi connectivity index (χ1) is 15.9. The number of hydrogen-bond donors (Lipinski definition) is 0. The summed E-state index contributed by atoms with van der Waals surface area (Å²) < 4.78 is 72.9. The van der Waals surface area contributed by atoms with E-state index in [4.69, 9.17) is 0 Å². The summed E-state index contributed by atoms with van der Waals surface area (Å²) in [5, 5.41) is 3.48. The molecular weight excluding hydrogens is 487 g/mol. The van der Waals surface area contributed by atoms with Crippen LogP contribution in [0.5, 0.6) is 0 Å². The van der Waals surface area contributed by atoms with Crippen LogP contribution in [0.1, 0.15) is 32.3 Å². The second kappa shape index (κ2) is 11.2. The highest BCUT2D eigenvalue weighted by Crippen LogP contribution is 2.34. The summed E-state index contributed by atoms with van der Waals surface area (Å²) in [7, 11) is -6.16. The van der Waals surface area contributed by atoms with Gasteiger partial charge < -0.3 is 14.4 Å². The molecule has 0 bridgehead atoms. The highest BCUT2D eigenvalue weighted by Gasteiger charge is 2.53. The number of piperidine rings is 1. The van der Waals surface area contributed by atoms with Crippen LogP contribution in [0.25, 0.3) is 0 Å². The van der Waals surface area contributed by atoms with Crippen molar-refractivity contribution in [3.05, 3.63) is 29.8 Å². The van der Waals surface area contributed by atoms with Gasteiger partial charge in [-0.25, -0.2) is 9.59 Å². The van der Waals surface area contributed by atoms with Gasteiger partial charge in [-0.05, 0) is 31.9 Å². The smallest absolute Gasteiger partial charge is 0.449 e. The van der Waals surface area contributed by atoms with Gasteiger partial charge in [0.1, 0.15) is 5.71 Å². The first-order valence-corrected chi connectivity index (χ1v) is 11.4. The van der Waals surface area contributed by atoms with Crippen LogP contribution in [0.15, 0.2) is 29.4 Å². The molecular formula is C19H22F3N3O8S. The third-order valence-electron chi connectivity index (χ3n) is 4.41. The molecule has 0 N–H and O–H groups in total. The molecule has 1 aromatic carbocycles. The summed E-state index contributed by atoms with van der Waals surface area (Å²) in [4.78, 5) is 42.0. The Morgan fingerprint density at radius 1 is 1.15 bits per heavy atom. The van der Waals surface area contributed by atoms with Gasteiger partial charge in [0.2, 0.25) is 0 Å². The lowest BCUT2D eigenvalue weighted by atomic mass is 10.1. The number of carbonyl (C=O) groups is 3. The Morgan fingerprint density at radius 3 is 2.41 bits per heavy atom. The second-order valence-corrected chi connectivity index (χ2v) is 8.46. The SMILES string of the molecule is CCOC(=O)ON=C1CCCN(Cc2ccccc2N(C(=O)OCC)S(=O)(=O)C(F)(F)F)C1=O. The lowest BCUT2D eigenvalue weighted by Crippen LogP contribution is -2.46. The molecule has 2 rings (SSSR count). The van der Waals surface area contributed by atoms with E-state index in [1.807, 2.05) is 0 Å². The van der Waals surface area contributed by atoms with Crippen molar-refractivity contribution in [2.45, 2.75) is 38.7 Å². The molecule has 0 aliphatic carbocycles. The minimum absolute atomic E-state index is 0.0261. The number of rotatable bonds is 7. The van der Waals surface area contributed by atoms with Crippen LogP contribution in [-0.2, 0) is 35.7 Å². The molecule has 1 fully saturated rings. The van der Waals surface area contributed by atoms with Crippen LogP contribution in [0.4, 0.5) is 28.4 Å². The number of ether oxygens (including phenoxy) is 2. The van der Waals surface area contributed by atoms with Gasteiger partial charge in [-0.1, -0.05) is 23.4 Å². The van der Waals surface area contributed by atoms with Crippen molar-refractivity contribution in [1.82, 2.24) is 4.90 Å². The van der Waals surface area contributed by atoms with E-state index in [-0.39, 0.29) is 44.0 Å². The number of alkyl halides is 3. The van der Waals surface area contributed by atoms with Crippen molar-refractivity contribution in [3.63, 3.8) is 0 Å². The lowest BCUT2D eigenvalue weighted by Gasteiger charge is -2.30. The standard InChI is InChI=1S/C19H22F3N3O8S/c1-3-31-17(27)25(34(29,30)19(20,21)22)15-10-6-5-8-13(15)12-24-11-7-9-14(16(24)26)23-33-18(28)32-4-2/h5-6,8,10H,3-4,7,9,11-12H2,1-2H3. The van der Waals surface area contributed by atoms with Gasteiger partial charge in [0, 0.05) is 19.5 Å². The molecule has 0 unspecified atom stereocenters. The molecule has 0 radical (unpaired) electrons. The molecule has 0 aromatic heterocycles. The largest absolute Gasteiger partial charge is 0.535 e. The van der Waals surface area contributed by atoms with Crippen molar-refractivity contribution in [2.75, 3.05) is 24.1 Å². The van der Waals surface area contributed by atoms with Gasteiger partial charge in [0.25, 0.3) is 5.91 Å². The molecule has 1 aliphatic rings. The fourth-order valence-corrected chi connectivity index (χ4v) is 3.85. The zero-order valence-electron chi connectivity index (χ0n) is 18.2. The molecule has 0 spiro atoms. The Labute approximate surface area is 193 Å². The van der Waals surface area contributed by atoms with Crippen LogP contribution in [0.2, 0.25) is 0 Å². The maximum Gasteiger partial charge on any atom is 0.535 e. The van der Waals surface area contributed by atoms with Gasteiger partial charge >= 0.3 is 27.8 Å². The molecule has 1 saturated heterocycles. The third-order valence-corrected chi connectivity index (χ3v) is 5.82. The van der Waals surface area contributed by atoms with E-state index in [1.54, 1.807) is 0 Å². The lowest BCUT2D eigenvalue weighted by molar-refractivity contribution is -0.125. The molecule has 34 heavy (non-hydrogen) atoms. The minimum Gasteiger partial charge on any atom is -0.449 e. The first kappa shape index (κ1) is 26.9. The van der Waals surface area contributed by atoms with Gasteiger partial charge in [0.05, 0.1) is 18.9 Å². The highest BCUT2D eigenvalue weighted by molar-refractivity contribution is 7.94. The quantitative estimate of drug-likeness (QED) is 0.311. The van der Waals surface area contributed by atoms with Crippen molar-refractivity contribution in [2.24, 2.45) is 5.16 Å². The predicted octanol–water partition coefficient (Wildman–Crippen LogP) is 3.15. The Bertz CT molecular complexity index is 1060. The number of benzene rings is 1. The van der Waals surface area contributed by atoms with Crippen molar-refractivity contribution in [1.29, 1.82) is 0 Å². The number of likely N-dealkylation sites (tertiary alicyclic amines) is 1. The summed E-state index contributed by atoms with van der Waals surface area (Å²) in [5.41, 5.74) is -6.64. The van der Waals surface area contributed by atoms with Crippen LogP contribution < -0.4 is 4.31 Å². The van der Waals surface area contributed by atoms with Crippen LogP contribution >= 0.6 is 0 Å². The van der Waals surface area contributed by atoms with Gasteiger partial charge in [-0.3, -0.25) is 9.63 Å². The fourth-order valence-electron chi connectivity index (χ4n) is 2.96. The monoisotopic (exact) mass is 509 g/mol.